The third-order valence-electron chi connectivity index (χ3n) is 6.04. The molecule has 1 saturated heterocycles. The van der Waals surface area contributed by atoms with Gasteiger partial charge in [-0.15, -0.1) is 0 Å². The van der Waals surface area contributed by atoms with E-state index in [1.54, 1.807) is 19.0 Å². The van der Waals surface area contributed by atoms with Crippen LogP contribution in [0.1, 0.15) is 25.3 Å². The Kier molecular flexibility index (Phi) is 8.41. The minimum Gasteiger partial charge on any atom is -0.379 e. The molecule has 0 aromatic heterocycles. The monoisotopic (exact) mass is 442 g/mol. The first-order chi connectivity index (χ1) is 15.4. The van der Waals surface area contributed by atoms with E-state index >= 15 is 0 Å². The summed E-state index contributed by atoms with van der Waals surface area (Å²) in [7, 11) is 3.40. The zero-order chi connectivity index (χ0) is 23.1. The summed E-state index contributed by atoms with van der Waals surface area (Å²) < 4.78 is 5.34. The lowest BCUT2D eigenvalue weighted by Crippen LogP contribution is -2.44. The standard InChI is InChI=1S/C24H34N4O4/c1-18-21(24(31)26(2)3)15-20(23(30)28(18)17-19-7-5-4-6-8-19)16-22(29)25-9-10-27-11-13-32-14-12-27/h4-8,20H,9-17H2,1-3H3,(H,25,29). The number of nitrogens with zero attached hydrogens (tertiary/aromatic N) is 3. The molecule has 1 unspecified atom stereocenters. The van der Waals surface area contributed by atoms with Crippen molar-refractivity contribution in [3.05, 3.63) is 47.2 Å². The van der Waals surface area contributed by atoms with Crippen LogP contribution in [0.25, 0.3) is 0 Å². The molecule has 1 atom stereocenters. The minimum atomic E-state index is -0.551. The molecule has 1 aromatic carbocycles. The number of morpholine rings is 1. The summed E-state index contributed by atoms with van der Waals surface area (Å²) >= 11 is 0. The fraction of sp³-hybridized carbons (Fsp3) is 0.542. The normalized spacial score (nSPS) is 19.8. The molecule has 174 valence electrons. The highest BCUT2D eigenvalue weighted by molar-refractivity contribution is 5.98. The van der Waals surface area contributed by atoms with Crippen LogP contribution in [0.3, 0.4) is 0 Å². The summed E-state index contributed by atoms with van der Waals surface area (Å²) in [6.07, 6.45) is 0.356. The van der Waals surface area contributed by atoms with Gasteiger partial charge in [-0.2, -0.15) is 0 Å². The zero-order valence-electron chi connectivity index (χ0n) is 19.3. The molecule has 8 heteroatoms. The van der Waals surface area contributed by atoms with Gasteiger partial charge in [-0.05, 0) is 18.9 Å². The lowest BCUT2D eigenvalue weighted by Gasteiger charge is -2.35. The second-order valence-corrected chi connectivity index (χ2v) is 8.58. The number of allylic oxidation sites excluding steroid dienone is 1. The summed E-state index contributed by atoms with van der Waals surface area (Å²) in [6, 6.07) is 9.68. The summed E-state index contributed by atoms with van der Waals surface area (Å²) in [6.45, 7) is 6.66. The van der Waals surface area contributed by atoms with Crippen molar-refractivity contribution in [2.45, 2.75) is 26.3 Å². The van der Waals surface area contributed by atoms with Crippen LogP contribution in [0, 0.1) is 5.92 Å². The van der Waals surface area contributed by atoms with Crippen LogP contribution in [0.15, 0.2) is 41.6 Å². The predicted molar refractivity (Wildman–Crippen MR) is 121 cm³/mol. The molecule has 3 amide bonds. The third kappa shape index (κ3) is 6.17. The van der Waals surface area contributed by atoms with E-state index in [0.29, 0.717) is 24.4 Å². The van der Waals surface area contributed by atoms with Crippen LogP contribution in [0.4, 0.5) is 0 Å². The first-order valence-corrected chi connectivity index (χ1v) is 11.2. The second-order valence-electron chi connectivity index (χ2n) is 8.58. The van der Waals surface area contributed by atoms with Gasteiger partial charge in [0.05, 0.1) is 25.7 Å². The number of likely N-dealkylation sites (N-methyl/N-ethyl adjacent to an activating group) is 1. The average Bonchev–Trinajstić information content (AvgIpc) is 2.79. The Morgan fingerprint density at radius 2 is 1.84 bits per heavy atom. The molecule has 1 N–H and O–H groups in total. The van der Waals surface area contributed by atoms with Gasteiger partial charge < -0.3 is 19.9 Å². The molecular weight excluding hydrogens is 408 g/mol. The van der Waals surface area contributed by atoms with Crippen molar-refractivity contribution in [1.82, 2.24) is 20.0 Å². The topological polar surface area (TPSA) is 82.2 Å². The fourth-order valence-electron chi connectivity index (χ4n) is 4.14. The van der Waals surface area contributed by atoms with E-state index in [1.807, 2.05) is 37.3 Å². The van der Waals surface area contributed by atoms with Gasteiger partial charge in [0, 0.05) is 58.0 Å². The molecule has 1 aromatic rings. The Labute approximate surface area is 190 Å². The van der Waals surface area contributed by atoms with Gasteiger partial charge in [0.25, 0.3) is 5.91 Å². The number of amides is 3. The highest BCUT2D eigenvalue weighted by atomic mass is 16.5. The van der Waals surface area contributed by atoms with E-state index in [0.717, 1.165) is 38.4 Å². The molecule has 1 fully saturated rings. The largest absolute Gasteiger partial charge is 0.379 e. The van der Waals surface area contributed by atoms with Crippen molar-refractivity contribution in [2.24, 2.45) is 5.92 Å². The molecule has 2 aliphatic heterocycles. The summed E-state index contributed by atoms with van der Waals surface area (Å²) in [5.41, 5.74) is 2.24. The Hall–Kier alpha value is -2.71. The maximum atomic E-state index is 13.3. The summed E-state index contributed by atoms with van der Waals surface area (Å²) in [4.78, 5) is 44.1. The number of rotatable bonds is 8. The minimum absolute atomic E-state index is 0.0741. The predicted octanol–water partition coefficient (Wildman–Crippen LogP) is 1.24. The lowest BCUT2D eigenvalue weighted by molar-refractivity contribution is -0.139. The van der Waals surface area contributed by atoms with Gasteiger partial charge in [-0.3, -0.25) is 19.3 Å². The van der Waals surface area contributed by atoms with Crippen LogP contribution in [0.2, 0.25) is 0 Å². The maximum absolute atomic E-state index is 13.3. The number of nitrogens with one attached hydrogen (secondary N) is 1. The van der Waals surface area contributed by atoms with Crippen molar-refractivity contribution in [3.8, 4) is 0 Å². The van der Waals surface area contributed by atoms with E-state index in [1.165, 1.54) is 4.90 Å². The van der Waals surface area contributed by atoms with Gasteiger partial charge in [0.15, 0.2) is 0 Å². The number of hydrogen-bond donors (Lipinski definition) is 1. The number of ether oxygens (including phenoxy) is 1. The molecule has 2 heterocycles. The van der Waals surface area contributed by atoms with Crippen molar-refractivity contribution in [2.75, 3.05) is 53.5 Å². The van der Waals surface area contributed by atoms with E-state index in [2.05, 4.69) is 10.2 Å². The van der Waals surface area contributed by atoms with Crippen molar-refractivity contribution < 1.29 is 19.1 Å². The quantitative estimate of drug-likeness (QED) is 0.655. The number of benzene rings is 1. The van der Waals surface area contributed by atoms with Gasteiger partial charge >= 0.3 is 0 Å². The van der Waals surface area contributed by atoms with Gasteiger partial charge in [-0.1, -0.05) is 30.3 Å². The van der Waals surface area contributed by atoms with Crippen LogP contribution in [-0.2, 0) is 25.7 Å². The fourth-order valence-corrected chi connectivity index (χ4v) is 4.14. The Balaban J connectivity index is 1.67. The summed E-state index contributed by atoms with van der Waals surface area (Å²) in [5, 5.41) is 2.94. The number of hydrogen-bond acceptors (Lipinski definition) is 5. The maximum Gasteiger partial charge on any atom is 0.251 e. The van der Waals surface area contributed by atoms with Gasteiger partial charge in [0.1, 0.15) is 0 Å². The molecule has 8 nitrogen and oxygen atoms in total. The van der Waals surface area contributed by atoms with Crippen LogP contribution in [0.5, 0.6) is 0 Å². The first-order valence-electron chi connectivity index (χ1n) is 11.2. The van der Waals surface area contributed by atoms with Gasteiger partial charge in [-0.25, -0.2) is 0 Å². The van der Waals surface area contributed by atoms with E-state index in [4.69, 9.17) is 4.74 Å². The Morgan fingerprint density at radius 3 is 2.50 bits per heavy atom. The highest BCUT2D eigenvalue weighted by Gasteiger charge is 2.36. The van der Waals surface area contributed by atoms with Crippen molar-refractivity contribution >= 4 is 17.7 Å². The molecule has 0 bridgehead atoms. The molecule has 3 rings (SSSR count). The lowest BCUT2D eigenvalue weighted by atomic mass is 9.88. The van der Waals surface area contributed by atoms with Crippen LogP contribution < -0.4 is 5.32 Å². The van der Waals surface area contributed by atoms with E-state index < -0.39 is 5.92 Å². The highest BCUT2D eigenvalue weighted by Crippen LogP contribution is 2.31. The summed E-state index contributed by atoms with van der Waals surface area (Å²) in [5.74, 6) is -0.937. The molecule has 0 aliphatic carbocycles. The molecule has 32 heavy (non-hydrogen) atoms. The molecule has 0 radical (unpaired) electrons. The molecular formula is C24H34N4O4. The van der Waals surface area contributed by atoms with Gasteiger partial charge in [0.2, 0.25) is 11.8 Å². The number of carbonyl (C=O) groups excluding carboxylic acids is 3. The van der Waals surface area contributed by atoms with Crippen molar-refractivity contribution in [3.63, 3.8) is 0 Å². The van der Waals surface area contributed by atoms with Crippen LogP contribution in [-0.4, -0.2) is 85.9 Å². The number of carbonyl (C=O) groups is 3. The van der Waals surface area contributed by atoms with Crippen molar-refractivity contribution in [1.29, 1.82) is 0 Å². The second kappa shape index (κ2) is 11.2. The average molecular weight is 443 g/mol. The Morgan fingerprint density at radius 1 is 1.16 bits per heavy atom. The molecule has 2 aliphatic rings. The SMILES string of the molecule is CC1=C(C(=O)N(C)C)CC(CC(=O)NCCN2CCOCC2)C(=O)N1Cc1ccccc1. The third-order valence-corrected chi connectivity index (χ3v) is 6.04. The smallest absolute Gasteiger partial charge is 0.251 e. The van der Waals surface area contributed by atoms with E-state index in [-0.39, 0.29) is 30.6 Å². The zero-order valence-corrected chi connectivity index (χ0v) is 19.3. The van der Waals surface area contributed by atoms with E-state index in [9.17, 15) is 14.4 Å². The molecule has 0 saturated carbocycles. The molecule has 0 spiro atoms. The first kappa shape index (κ1) is 23.9. The van der Waals surface area contributed by atoms with Crippen LogP contribution >= 0.6 is 0 Å². The Bertz CT molecular complexity index is 847.